The Morgan fingerprint density at radius 2 is 1.65 bits per heavy atom. The molecule has 1 saturated heterocycles. The van der Waals surface area contributed by atoms with Crippen molar-refractivity contribution in [1.29, 1.82) is 0 Å². The summed E-state index contributed by atoms with van der Waals surface area (Å²) < 4.78 is 14.1. The number of carbonyl (C=O) groups excluding carboxylic acids is 2. The highest BCUT2D eigenvalue weighted by Gasteiger charge is 2.50. The smallest absolute Gasteiger partial charge is 0.337 e. The van der Waals surface area contributed by atoms with E-state index in [1.807, 2.05) is 0 Å². The maximum Gasteiger partial charge on any atom is 0.337 e. The lowest BCUT2D eigenvalue weighted by atomic mass is 9.95. The van der Waals surface area contributed by atoms with Crippen molar-refractivity contribution in [3.05, 3.63) is 0 Å². The topological polar surface area (TPSA) is 123 Å². The molecule has 1 heterocycles. The predicted molar refractivity (Wildman–Crippen MR) is 64.2 cm³/mol. The third-order valence-corrected chi connectivity index (χ3v) is 2.85. The second kappa shape index (κ2) is 6.04. The average Bonchev–Trinajstić information content (AvgIpc) is 2.36. The molecule has 20 heavy (non-hydrogen) atoms. The summed E-state index contributed by atoms with van der Waals surface area (Å²) in [6.45, 7) is 4.75. The molecule has 0 bridgehead atoms. The number of hydrogen-bond donors (Lipinski definition) is 3. The molecular weight excluding hydrogens is 272 g/mol. The molecule has 0 amide bonds. The summed E-state index contributed by atoms with van der Waals surface area (Å²) in [4.78, 5) is 23.2. The van der Waals surface area contributed by atoms with Crippen LogP contribution in [-0.2, 0) is 23.8 Å². The minimum absolute atomic E-state index is 0.696. The van der Waals surface area contributed by atoms with Crippen LogP contribution in [0.4, 0.5) is 0 Å². The monoisotopic (exact) mass is 292 g/mol. The standard InChI is InChI=1S/C12H20O8/c1-12(2,3)11(17)20-7-5(13)8(10(16)18-4)19-9(15)6(7)14/h5-9,13-15H,1-4H3/t5-,6+,7-,8+,9?/m0/s1. The SMILES string of the molecule is COC(=O)[C@@H]1OC(O)[C@H](O)[C@@H](OC(=O)C(C)(C)C)[C@@H]1O. The molecule has 0 aromatic rings. The van der Waals surface area contributed by atoms with E-state index >= 15 is 0 Å². The van der Waals surface area contributed by atoms with Gasteiger partial charge in [0.05, 0.1) is 12.5 Å². The average molecular weight is 292 g/mol. The van der Waals surface area contributed by atoms with Crippen LogP contribution in [0.3, 0.4) is 0 Å². The summed E-state index contributed by atoms with van der Waals surface area (Å²) in [6.07, 6.45) is -8.13. The Morgan fingerprint density at radius 3 is 2.10 bits per heavy atom. The van der Waals surface area contributed by atoms with Crippen molar-refractivity contribution in [2.45, 2.75) is 51.5 Å². The zero-order valence-electron chi connectivity index (χ0n) is 11.8. The zero-order valence-corrected chi connectivity index (χ0v) is 11.8. The van der Waals surface area contributed by atoms with Crippen LogP contribution < -0.4 is 0 Å². The molecule has 5 atom stereocenters. The maximum absolute atomic E-state index is 11.8. The van der Waals surface area contributed by atoms with E-state index in [9.17, 15) is 24.9 Å². The van der Waals surface area contributed by atoms with Gasteiger partial charge >= 0.3 is 11.9 Å². The summed E-state index contributed by atoms with van der Waals surface area (Å²) in [5.74, 6) is -1.64. The van der Waals surface area contributed by atoms with Gasteiger partial charge in [-0.05, 0) is 20.8 Å². The molecule has 1 aliphatic heterocycles. The molecule has 8 heteroatoms. The van der Waals surface area contributed by atoms with E-state index in [0.29, 0.717) is 0 Å². The summed E-state index contributed by atoms with van der Waals surface area (Å²) >= 11 is 0. The number of methoxy groups -OCH3 is 1. The number of hydrogen-bond acceptors (Lipinski definition) is 8. The molecule has 0 aromatic heterocycles. The van der Waals surface area contributed by atoms with Gasteiger partial charge in [0.15, 0.2) is 18.5 Å². The number of rotatable bonds is 2. The fourth-order valence-corrected chi connectivity index (χ4v) is 1.60. The van der Waals surface area contributed by atoms with Gasteiger partial charge in [-0.25, -0.2) is 4.79 Å². The molecular formula is C12H20O8. The minimum Gasteiger partial charge on any atom is -0.467 e. The lowest BCUT2D eigenvalue weighted by Crippen LogP contribution is -2.61. The second-order valence-corrected chi connectivity index (χ2v) is 5.57. The summed E-state index contributed by atoms with van der Waals surface area (Å²) in [6, 6.07) is 0. The van der Waals surface area contributed by atoms with Gasteiger partial charge in [-0.3, -0.25) is 4.79 Å². The highest BCUT2D eigenvalue weighted by Crippen LogP contribution is 2.26. The second-order valence-electron chi connectivity index (χ2n) is 5.57. The van der Waals surface area contributed by atoms with E-state index < -0.39 is 48.1 Å². The van der Waals surface area contributed by atoms with Crippen molar-refractivity contribution in [2.24, 2.45) is 5.41 Å². The van der Waals surface area contributed by atoms with Gasteiger partial charge < -0.3 is 29.5 Å². The van der Waals surface area contributed by atoms with Crippen LogP contribution in [0.25, 0.3) is 0 Å². The summed E-state index contributed by atoms with van der Waals surface area (Å²) in [5, 5.41) is 29.2. The Labute approximate surface area is 116 Å². The van der Waals surface area contributed by atoms with Gasteiger partial charge in [0.1, 0.15) is 12.2 Å². The quantitative estimate of drug-likeness (QED) is 0.529. The van der Waals surface area contributed by atoms with Gasteiger partial charge in [-0.1, -0.05) is 0 Å². The molecule has 0 aliphatic carbocycles. The van der Waals surface area contributed by atoms with Crippen molar-refractivity contribution in [1.82, 2.24) is 0 Å². The zero-order chi connectivity index (χ0) is 15.7. The Kier molecular flexibility index (Phi) is 5.09. The van der Waals surface area contributed by atoms with Crippen molar-refractivity contribution >= 4 is 11.9 Å². The molecule has 116 valence electrons. The van der Waals surface area contributed by atoms with E-state index in [-0.39, 0.29) is 0 Å². The number of aliphatic hydroxyl groups excluding tert-OH is 3. The first-order valence-corrected chi connectivity index (χ1v) is 6.08. The lowest BCUT2D eigenvalue weighted by Gasteiger charge is -2.39. The highest BCUT2D eigenvalue weighted by atomic mass is 16.7. The van der Waals surface area contributed by atoms with Crippen LogP contribution >= 0.6 is 0 Å². The molecule has 1 aliphatic rings. The fourth-order valence-electron chi connectivity index (χ4n) is 1.60. The van der Waals surface area contributed by atoms with Gasteiger partial charge in [0, 0.05) is 0 Å². The van der Waals surface area contributed by atoms with Gasteiger partial charge in [-0.2, -0.15) is 0 Å². The first-order chi connectivity index (χ1) is 9.09. The van der Waals surface area contributed by atoms with Crippen molar-refractivity contribution < 1.29 is 39.1 Å². The van der Waals surface area contributed by atoms with E-state index in [0.717, 1.165) is 7.11 Å². The minimum atomic E-state index is -1.78. The molecule has 0 spiro atoms. The fraction of sp³-hybridized carbons (Fsp3) is 0.833. The van der Waals surface area contributed by atoms with Crippen LogP contribution in [0.15, 0.2) is 0 Å². The maximum atomic E-state index is 11.8. The van der Waals surface area contributed by atoms with Crippen molar-refractivity contribution in [3.63, 3.8) is 0 Å². The van der Waals surface area contributed by atoms with Crippen LogP contribution in [0, 0.1) is 5.41 Å². The van der Waals surface area contributed by atoms with Gasteiger partial charge in [-0.15, -0.1) is 0 Å². The molecule has 1 unspecified atom stereocenters. The Bertz CT molecular complexity index is 374. The molecule has 0 radical (unpaired) electrons. The van der Waals surface area contributed by atoms with Gasteiger partial charge in [0.2, 0.25) is 0 Å². The Hall–Kier alpha value is -1.22. The van der Waals surface area contributed by atoms with Crippen molar-refractivity contribution in [3.8, 4) is 0 Å². The Morgan fingerprint density at radius 1 is 1.10 bits per heavy atom. The third kappa shape index (κ3) is 3.45. The third-order valence-electron chi connectivity index (χ3n) is 2.85. The molecule has 0 saturated carbocycles. The number of ether oxygens (including phenoxy) is 3. The van der Waals surface area contributed by atoms with Crippen molar-refractivity contribution in [2.75, 3.05) is 7.11 Å². The largest absolute Gasteiger partial charge is 0.467 e. The van der Waals surface area contributed by atoms with Crippen LogP contribution in [0.2, 0.25) is 0 Å². The number of esters is 2. The molecule has 1 fully saturated rings. The number of aliphatic hydroxyl groups is 3. The molecule has 0 aromatic carbocycles. The normalized spacial score (nSPS) is 34.5. The van der Waals surface area contributed by atoms with Gasteiger partial charge in [0.25, 0.3) is 0 Å². The van der Waals surface area contributed by atoms with Crippen LogP contribution in [0.5, 0.6) is 0 Å². The number of carbonyl (C=O) groups is 2. The van der Waals surface area contributed by atoms with Crippen LogP contribution in [0.1, 0.15) is 20.8 Å². The van der Waals surface area contributed by atoms with E-state index in [1.54, 1.807) is 20.8 Å². The highest BCUT2D eigenvalue weighted by molar-refractivity contribution is 5.77. The van der Waals surface area contributed by atoms with E-state index in [4.69, 9.17) is 9.47 Å². The lowest BCUT2D eigenvalue weighted by molar-refractivity contribution is -0.285. The molecule has 8 nitrogen and oxygen atoms in total. The summed E-state index contributed by atoms with van der Waals surface area (Å²) in [7, 11) is 1.08. The van der Waals surface area contributed by atoms with E-state index in [1.165, 1.54) is 0 Å². The predicted octanol–water partition coefficient (Wildman–Crippen LogP) is -1.44. The first kappa shape index (κ1) is 16.8. The molecule has 3 N–H and O–H groups in total. The molecule has 1 rings (SSSR count). The van der Waals surface area contributed by atoms with Crippen LogP contribution in [-0.4, -0.2) is 65.1 Å². The Balaban J connectivity index is 2.91. The van der Waals surface area contributed by atoms with E-state index in [2.05, 4.69) is 4.74 Å². The summed E-state index contributed by atoms with van der Waals surface area (Å²) in [5.41, 5.74) is -0.872. The first-order valence-electron chi connectivity index (χ1n) is 6.08.